The van der Waals surface area contributed by atoms with E-state index >= 15 is 0 Å². The third-order valence-electron chi connectivity index (χ3n) is 6.67. The molecule has 3 rings (SSSR count). The standard InChI is InChI=1S/C24H29ClF5N3O5S/c1-3-33-20(16-5-4-14(6-11-24(28,29)30)12-17(16)38-22(26)27)18(25)19(32-33)21(34)31-13-23(35)9-7-15(8-10-23)39(2,36)37/h4-5,12,15,22,35H,3,6-11,13H2,1-2H3,(H,31,34). The van der Waals surface area contributed by atoms with Gasteiger partial charge in [0.1, 0.15) is 15.6 Å². The molecule has 2 N–H and O–H groups in total. The van der Waals surface area contributed by atoms with Crippen molar-refractivity contribution in [1.29, 1.82) is 0 Å². The highest BCUT2D eigenvalue weighted by atomic mass is 35.5. The van der Waals surface area contributed by atoms with E-state index in [0.717, 1.165) is 12.3 Å². The summed E-state index contributed by atoms with van der Waals surface area (Å²) in [5, 5.41) is 16.8. The van der Waals surface area contributed by atoms with Crippen molar-refractivity contribution >= 4 is 27.3 Å². The van der Waals surface area contributed by atoms with E-state index in [9.17, 15) is 40.3 Å². The molecule has 0 bridgehead atoms. The second kappa shape index (κ2) is 12.0. The predicted octanol–water partition coefficient (Wildman–Crippen LogP) is 4.77. The van der Waals surface area contributed by atoms with Gasteiger partial charge in [-0.2, -0.15) is 27.1 Å². The molecule has 15 heteroatoms. The van der Waals surface area contributed by atoms with Crippen molar-refractivity contribution < 1.29 is 45.0 Å². The molecule has 2 aromatic rings. The lowest BCUT2D eigenvalue weighted by Crippen LogP contribution is -2.47. The number of carbonyl (C=O) groups is 1. The van der Waals surface area contributed by atoms with Crippen LogP contribution < -0.4 is 10.1 Å². The quantitative estimate of drug-likeness (QED) is 0.380. The first-order valence-corrected chi connectivity index (χ1v) is 14.5. The molecular formula is C24H29ClF5N3O5S. The molecule has 1 aromatic heterocycles. The Hall–Kier alpha value is -2.45. The van der Waals surface area contributed by atoms with E-state index in [4.69, 9.17) is 11.6 Å². The van der Waals surface area contributed by atoms with Crippen LogP contribution in [0.1, 0.15) is 55.1 Å². The number of alkyl halides is 5. The van der Waals surface area contributed by atoms with Gasteiger partial charge < -0.3 is 15.2 Å². The van der Waals surface area contributed by atoms with E-state index in [1.165, 1.54) is 16.8 Å². The van der Waals surface area contributed by atoms with Gasteiger partial charge >= 0.3 is 12.8 Å². The number of sulfone groups is 1. The van der Waals surface area contributed by atoms with Crippen molar-refractivity contribution in [3.05, 3.63) is 34.5 Å². The normalized spacial score (nSPS) is 20.3. The van der Waals surface area contributed by atoms with E-state index in [1.54, 1.807) is 6.92 Å². The summed E-state index contributed by atoms with van der Waals surface area (Å²) >= 11 is 6.47. The fraction of sp³-hybridized carbons (Fsp3) is 0.583. The maximum Gasteiger partial charge on any atom is 0.389 e. The SMILES string of the molecule is CCn1nc(C(=O)NCC2(O)CCC(S(C)(=O)=O)CC2)c(Cl)c1-c1ccc(CCC(F)(F)F)cc1OC(F)F. The Morgan fingerprint density at radius 3 is 2.49 bits per heavy atom. The molecule has 0 spiro atoms. The minimum atomic E-state index is -4.44. The molecule has 39 heavy (non-hydrogen) atoms. The number of nitrogens with zero attached hydrogens (tertiary/aromatic N) is 2. The van der Waals surface area contributed by atoms with Crippen LogP contribution in [-0.2, 0) is 22.8 Å². The molecule has 1 heterocycles. The van der Waals surface area contributed by atoms with Crippen LogP contribution in [0.25, 0.3) is 11.3 Å². The zero-order valence-electron chi connectivity index (χ0n) is 21.2. The van der Waals surface area contributed by atoms with Crippen molar-refractivity contribution in [1.82, 2.24) is 15.1 Å². The van der Waals surface area contributed by atoms with Gasteiger partial charge in [-0.1, -0.05) is 17.7 Å². The van der Waals surface area contributed by atoms with E-state index in [-0.39, 0.29) is 66.3 Å². The Morgan fingerprint density at radius 1 is 1.31 bits per heavy atom. The molecule has 1 fully saturated rings. The number of amides is 1. The van der Waals surface area contributed by atoms with Crippen LogP contribution in [0.15, 0.2) is 18.2 Å². The predicted molar refractivity (Wildman–Crippen MR) is 134 cm³/mol. The summed E-state index contributed by atoms with van der Waals surface area (Å²) in [4.78, 5) is 12.9. The van der Waals surface area contributed by atoms with Gasteiger partial charge in [-0.15, -0.1) is 0 Å². The molecular weight excluding hydrogens is 573 g/mol. The Balaban J connectivity index is 1.84. The maximum atomic E-state index is 13.2. The van der Waals surface area contributed by atoms with Crippen LogP contribution >= 0.6 is 11.6 Å². The van der Waals surface area contributed by atoms with Crippen LogP contribution in [0.3, 0.4) is 0 Å². The topological polar surface area (TPSA) is 111 Å². The smallest absolute Gasteiger partial charge is 0.389 e. The van der Waals surface area contributed by atoms with Gasteiger partial charge in [0.2, 0.25) is 0 Å². The fourth-order valence-corrected chi connectivity index (χ4v) is 5.95. The van der Waals surface area contributed by atoms with Crippen molar-refractivity contribution in [3.63, 3.8) is 0 Å². The van der Waals surface area contributed by atoms with Gasteiger partial charge in [0, 0.05) is 31.3 Å². The minimum absolute atomic E-state index is 0.00202. The highest BCUT2D eigenvalue weighted by Crippen LogP contribution is 2.39. The number of aryl methyl sites for hydroxylation is 2. The fourth-order valence-electron chi connectivity index (χ4n) is 4.53. The second-order valence-corrected chi connectivity index (χ2v) is 12.3. The summed E-state index contributed by atoms with van der Waals surface area (Å²) in [6, 6.07) is 3.67. The summed E-state index contributed by atoms with van der Waals surface area (Å²) in [7, 11) is -3.25. The zero-order valence-corrected chi connectivity index (χ0v) is 22.8. The molecule has 218 valence electrons. The molecule has 0 saturated heterocycles. The number of aromatic nitrogens is 2. The molecule has 0 aliphatic heterocycles. The molecule has 8 nitrogen and oxygen atoms in total. The van der Waals surface area contributed by atoms with E-state index < -0.39 is 58.0 Å². The number of hydrogen-bond donors (Lipinski definition) is 2. The maximum absolute atomic E-state index is 13.2. The first-order valence-electron chi connectivity index (χ1n) is 12.1. The van der Waals surface area contributed by atoms with Crippen molar-refractivity contribution in [2.45, 2.75) is 75.6 Å². The van der Waals surface area contributed by atoms with Crippen molar-refractivity contribution in [2.24, 2.45) is 0 Å². The molecule has 1 aromatic carbocycles. The molecule has 1 amide bonds. The number of aliphatic hydroxyl groups is 1. The second-order valence-electron chi connectivity index (χ2n) is 9.59. The summed E-state index contributed by atoms with van der Waals surface area (Å²) in [6.45, 7) is -1.66. The average molecular weight is 602 g/mol. The highest BCUT2D eigenvalue weighted by molar-refractivity contribution is 7.91. The van der Waals surface area contributed by atoms with Gasteiger partial charge in [-0.3, -0.25) is 9.48 Å². The number of nitrogens with one attached hydrogen (secondary N) is 1. The van der Waals surface area contributed by atoms with E-state index in [2.05, 4.69) is 15.2 Å². The van der Waals surface area contributed by atoms with Crippen LogP contribution in [0.2, 0.25) is 5.02 Å². The molecule has 0 atom stereocenters. The summed E-state index contributed by atoms with van der Waals surface area (Å²) in [5.74, 6) is -1.18. The molecule has 1 aliphatic rings. The van der Waals surface area contributed by atoms with Crippen molar-refractivity contribution in [2.75, 3.05) is 12.8 Å². The summed E-state index contributed by atoms with van der Waals surface area (Å²) in [5.41, 5.74) is -1.42. The number of benzene rings is 1. The number of halogens is 6. The summed E-state index contributed by atoms with van der Waals surface area (Å²) < 4.78 is 93.6. The molecule has 1 aliphatic carbocycles. The van der Waals surface area contributed by atoms with E-state index in [1.807, 2.05) is 0 Å². The van der Waals surface area contributed by atoms with Gasteiger partial charge in [-0.05, 0) is 56.7 Å². The Bertz CT molecular complexity index is 1290. The van der Waals surface area contributed by atoms with Gasteiger partial charge in [-0.25, -0.2) is 8.42 Å². The number of rotatable bonds is 10. The lowest BCUT2D eigenvalue weighted by Gasteiger charge is -2.35. The summed E-state index contributed by atoms with van der Waals surface area (Å²) in [6.07, 6.45) is -4.11. The zero-order chi connectivity index (χ0) is 29.2. The Kier molecular flexibility index (Phi) is 9.54. The Morgan fingerprint density at radius 2 is 1.95 bits per heavy atom. The third kappa shape index (κ3) is 8.04. The number of hydrogen-bond acceptors (Lipinski definition) is 6. The highest BCUT2D eigenvalue weighted by Gasteiger charge is 2.37. The van der Waals surface area contributed by atoms with Crippen molar-refractivity contribution in [3.8, 4) is 17.0 Å². The first-order chi connectivity index (χ1) is 18.0. The third-order valence-corrected chi connectivity index (χ3v) is 8.71. The average Bonchev–Trinajstić information content (AvgIpc) is 3.16. The minimum Gasteiger partial charge on any atom is -0.434 e. The number of carbonyl (C=O) groups excluding carboxylic acids is 1. The lowest BCUT2D eigenvalue weighted by atomic mass is 9.84. The Labute approximate surface area is 227 Å². The lowest BCUT2D eigenvalue weighted by molar-refractivity contribution is -0.134. The molecule has 1 saturated carbocycles. The van der Waals surface area contributed by atoms with Crippen LogP contribution in [0.5, 0.6) is 5.75 Å². The van der Waals surface area contributed by atoms with Crippen LogP contribution in [-0.4, -0.2) is 65.7 Å². The van der Waals surface area contributed by atoms with Gasteiger partial charge in [0.05, 0.1) is 21.6 Å². The van der Waals surface area contributed by atoms with Gasteiger partial charge in [0.25, 0.3) is 5.91 Å². The molecule has 0 unspecified atom stereocenters. The van der Waals surface area contributed by atoms with Crippen LogP contribution in [0.4, 0.5) is 22.0 Å². The monoisotopic (exact) mass is 601 g/mol. The first kappa shape index (κ1) is 31.1. The van der Waals surface area contributed by atoms with Gasteiger partial charge in [0.15, 0.2) is 5.69 Å². The van der Waals surface area contributed by atoms with Crippen LogP contribution in [0, 0.1) is 0 Å². The number of ether oxygens (including phenoxy) is 1. The molecule has 0 radical (unpaired) electrons. The van der Waals surface area contributed by atoms with E-state index in [0.29, 0.717) is 0 Å². The largest absolute Gasteiger partial charge is 0.434 e.